The quantitative estimate of drug-likeness (QED) is 0.348. The molecule has 0 spiro atoms. The highest BCUT2D eigenvalue weighted by molar-refractivity contribution is 5.72. The summed E-state index contributed by atoms with van der Waals surface area (Å²) < 4.78 is 16.6. The maximum atomic E-state index is 12.6. The second-order valence-electron chi connectivity index (χ2n) is 8.02. The third-order valence-corrected chi connectivity index (χ3v) is 5.37. The molecule has 0 saturated carbocycles. The summed E-state index contributed by atoms with van der Waals surface area (Å²) in [5.41, 5.74) is 1.99. The lowest BCUT2D eigenvalue weighted by atomic mass is 10.1. The van der Waals surface area contributed by atoms with Crippen LogP contribution in [0.1, 0.15) is 44.2 Å². The van der Waals surface area contributed by atoms with E-state index < -0.39 is 12.1 Å². The molecule has 7 nitrogen and oxygen atoms in total. The minimum Gasteiger partial charge on any atom is -0.492 e. The van der Waals surface area contributed by atoms with E-state index in [2.05, 4.69) is 6.92 Å². The monoisotopic (exact) mass is 471 g/mol. The Balaban J connectivity index is 1.81. The molecule has 2 aromatic carbocycles. The Bertz CT molecular complexity index is 840. The normalized spacial score (nSPS) is 11.6. The van der Waals surface area contributed by atoms with Crippen LogP contribution in [-0.2, 0) is 27.1 Å². The van der Waals surface area contributed by atoms with Gasteiger partial charge in [0.05, 0.1) is 13.2 Å². The zero-order valence-corrected chi connectivity index (χ0v) is 20.3. The van der Waals surface area contributed by atoms with Gasteiger partial charge < -0.3 is 24.2 Å². The van der Waals surface area contributed by atoms with Gasteiger partial charge in [-0.3, -0.25) is 0 Å². The summed E-state index contributed by atoms with van der Waals surface area (Å²) in [5.74, 6) is -0.306. The smallest absolute Gasteiger partial charge is 0.409 e. The zero-order valence-electron chi connectivity index (χ0n) is 20.3. The first kappa shape index (κ1) is 27.2. The predicted octanol–water partition coefficient (Wildman–Crippen LogP) is 4.97. The van der Waals surface area contributed by atoms with Crippen LogP contribution in [0.4, 0.5) is 4.79 Å². The largest absolute Gasteiger partial charge is 0.492 e. The van der Waals surface area contributed by atoms with E-state index in [0.29, 0.717) is 51.5 Å². The highest BCUT2D eigenvalue weighted by atomic mass is 16.6. The number of hydrogen-bond acceptors (Lipinski definition) is 5. The Hall–Kier alpha value is -3.06. The topological polar surface area (TPSA) is 85.3 Å². The predicted molar refractivity (Wildman–Crippen MR) is 131 cm³/mol. The van der Waals surface area contributed by atoms with Crippen molar-refractivity contribution in [3.8, 4) is 5.75 Å². The van der Waals surface area contributed by atoms with Gasteiger partial charge >= 0.3 is 12.1 Å². The first-order valence-electron chi connectivity index (χ1n) is 12.0. The number of carboxylic acids is 1. The first-order valence-corrected chi connectivity index (χ1v) is 12.0. The Kier molecular flexibility index (Phi) is 12.6. The van der Waals surface area contributed by atoms with Gasteiger partial charge in [-0.1, -0.05) is 62.2 Å². The standard InChI is InChI=1S/C27H37NO6/c1-3-5-9-17-28(27(31)34-19-16-22-10-7-6-8-11-22)18-20-33-24-14-12-23(13-15-24)21-25(26(29)30)32-4-2/h6-8,10-15,25H,3-5,9,16-21H2,1-2H3,(H,29,30). The Morgan fingerprint density at radius 2 is 1.65 bits per heavy atom. The molecule has 0 saturated heterocycles. The summed E-state index contributed by atoms with van der Waals surface area (Å²) in [6.45, 7) is 6.00. The molecule has 2 aromatic rings. The van der Waals surface area contributed by atoms with Crippen molar-refractivity contribution in [1.82, 2.24) is 4.90 Å². The molecule has 0 radical (unpaired) electrons. The van der Waals surface area contributed by atoms with E-state index >= 15 is 0 Å². The summed E-state index contributed by atoms with van der Waals surface area (Å²) in [7, 11) is 0. The summed E-state index contributed by atoms with van der Waals surface area (Å²) in [5, 5.41) is 9.23. The first-order chi connectivity index (χ1) is 16.5. The lowest BCUT2D eigenvalue weighted by Gasteiger charge is -2.22. The van der Waals surface area contributed by atoms with Gasteiger partial charge in [-0.25, -0.2) is 9.59 Å². The summed E-state index contributed by atoms with van der Waals surface area (Å²) in [4.78, 5) is 25.6. The maximum Gasteiger partial charge on any atom is 0.409 e. The van der Waals surface area contributed by atoms with Crippen molar-refractivity contribution >= 4 is 12.1 Å². The van der Waals surface area contributed by atoms with Crippen molar-refractivity contribution in [2.75, 3.05) is 32.9 Å². The zero-order chi connectivity index (χ0) is 24.6. The van der Waals surface area contributed by atoms with Crippen molar-refractivity contribution in [2.24, 2.45) is 0 Å². The summed E-state index contributed by atoms with van der Waals surface area (Å²) >= 11 is 0. The molecule has 0 fully saturated rings. The van der Waals surface area contributed by atoms with Gasteiger partial charge in [0.15, 0.2) is 6.10 Å². The van der Waals surface area contributed by atoms with Gasteiger partial charge in [-0.15, -0.1) is 0 Å². The van der Waals surface area contributed by atoms with Crippen LogP contribution in [0.2, 0.25) is 0 Å². The molecule has 0 aliphatic heterocycles. The number of aliphatic carboxylic acids is 1. The number of unbranched alkanes of at least 4 members (excludes halogenated alkanes) is 2. The third kappa shape index (κ3) is 10.3. The third-order valence-electron chi connectivity index (χ3n) is 5.37. The van der Waals surface area contributed by atoms with Gasteiger partial charge in [-0.05, 0) is 36.6 Å². The van der Waals surface area contributed by atoms with Crippen molar-refractivity contribution in [1.29, 1.82) is 0 Å². The van der Waals surface area contributed by atoms with E-state index in [9.17, 15) is 14.7 Å². The van der Waals surface area contributed by atoms with Gasteiger partial charge in [0.25, 0.3) is 0 Å². The molecule has 2 rings (SSSR count). The molecule has 1 amide bonds. The second kappa shape index (κ2) is 15.7. The van der Waals surface area contributed by atoms with Gasteiger partial charge in [-0.2, -0.15) is 0 Å². The molecule has 0 bridgehead atoms. The number of hydrogen-bond donors (Lipinski definition) is 1. The minimum atomic E-state index is -0.971. The van der Waals surface area contributed by atoms with Crippen LogP contribution in [-0.4, -0.2) is 61.1 Å². The fourth-order valence-electron chi connectivity index (χ4n) is 3.47. The molecular formula is C27H37NO6. The lowest BCUT2D eigenvalue weighted by Crippen LogP contribution is -2.36. The number of benzene rings is 2. The average molecular weight is 472 g/mol. The molecule has 34 heavy (non-hydrogen) atoms. The van der Waals surface area contributed by atoms with E-state index in [1.807, 2.05) is 42.5 Å². The molecule has 0 aliphatic carbocycles. The number of amides is 1. The molecule has 1 unspecified atom stereocenters. The Labute approximate surface area is 202 Å². The average Bonchev–Trinajstić information content (AvgIpc) is 2.84. The van der Waals surface area contributed by atoms with Crippen LogP contribution in [0, 0.1) is 0 Å². The fraction of sp³-hybridized carbons (Fsp3) is 0.481. The van der Waals surface area contributed by atoms with E-state index in [4.69, 9.17) is 14.2 Å². The number of ether oxygens (including phenoxy) is 3. The summed E-state index contributed by atoms with van der Waals surface area (Å²) in [6, 6.07) is 17.2. The molecule has 186 valence electrons. The van der Waals surface area contributed by atoms with Gasteiger partial charge in [0.2, 0.25) is 0 Å². The van der Waals surface area contributed by atoms with E-state index in [1.165, 1.54) is 0 Å². The summed E-state index contributed by atoms with van der Waals surface area (Å²) in [6.07, 6.45) is 2.85. The molecule has 1 N–H and O–H groups in total. The minimum absolute atomic E-state index is 0.295. The van der Waals surface area contributed by atoms with Crippen LogP contribution in [0.25, 0.3) is 0 Å². The van der Waals surface area contributed by atoms with E-state index in [0.717, 1.165) is 30.4 Å². The van der Waals surface area contributed by atoms with Crippen LogP contribution >= 0.6 is 0 Å². The molecule has 1 atom stereocenters. The molecule has 0 heterocycles. The van der Waals surface area contributed by atoms with Gasteiger partial charge in [0, 0.05) is 26.0 Å². The van der Waals surface area contributed by atoms with Crippen LogP contribution in [0.5, 0.6) is 5.75 Å². The number of nitrogens with zero attached hydrogens (tertiary/aromatic N) is 1. The number of carboxylic acid groups (broad SMARTS) is 1. The van der Waals surface area contributed by atoms with E-state index in [1.54, 1.807) is 24.0 Å². The lowest BCUT2D eigenvalue weighted by molar-refractivity contribution is -0.149. The molecule has 0 aromatic heterocycles. The van der Waals surface area contributed by atoms with Gasteiger partial charge in [0.1, 0.15) is 12.4 Å². The highest BCUT2D eigenvalue weighted by Gasteiger charge is 2.18. The van der Waals surface area contributed by atoms with Crippen molar-refractivity contribution in [3.63, 3.8) is 0 Å². The second-order valence-corrected chi connectivity index (χ2v) is 8.02. The van der Waals surface area contributed by atoms with Crippen molar-refractivity contribution < 1.29 is 28.9 Å². The number of rotatable bonds is 16. The maximum absolute atomic E-state index is 12.6. The van der Waals surface area contributed by atoms with Crippen LogP contribution in [0.3, 0.4) is 0 Å². The molecule has 7 heteroatoms. The fourth-order valence-corrected chi connectivity index (χ4v) is 3.47. The molecular weight excluding hydrogens is 434 g/mol. The van der Waals surface area contributed by atoms with Crippen molar-refractivity contribution in [3.05, 3.63) is 65.7 Å². The Morgan fingerprint density at radius 3 is 2.29 bits per heavy atom. The molecule has 0 aliphatic rings. The van der Waals surface area contributed by atoms with Crippen LogP contribution < -0.4 is 4.74 Å². The SMILES string of the molecule is CCCCCN(CCOc1ccc(CC(OCC)C(=O)O)cc1)C(=O)OCCc1ccccc1. The number of carbonyl (C=O) groups excluding carboxylic acids is 1. The van der Waals surface area contributed by atoms with Crippen molar-refractivity contribution in [2.45, 2.75) is 52.1 Å². The number of carbonyl (C=O) groups is 2. The Morgan fingerprint density at radius 1 is 0.912 bits per heavy atom. The van der Waals surface area contributed by atoms with Crippen LogP contribution in [0.15, 0.2) is 54.6 Å². The highest BCUT2D eigenvalue weighted by Crippen LogP contribution is 2.15. The van der Waals surface area contributed by atoms with E-state index in [-0.39, 0.29) is 6.09 Å².